The van der Waals surface area contributed by atoms with Crippen LogP contribution in [0.15, 0.2) is 6.33 Å². The van der Waals surface area contributed by atoms with Gasteiger partial charge in [-0.05, 0) is 0 Å². The van der Waals surface area contributed by atoms with E-state index >= 15 is 0 Å². The number of aromatic amines is 1. The zero-order chi connectivity index (χ0) is 8.27. The van der Waals surface area contributed by atoms with Gasteiger partial charge in [-0.3, -0.25) is 4.79 Å². The van der Waals surface area contributed by atoms with E-state index in [1.54, 1.807) is 0 Å². The molecule has 0 aliphatic rings. The molecule has 0 saturated heterocycles. The van der Waals surface area contributed by atoms with Crippen molar-refractivity contribution in [3.63, 3.8) is 0 Å². The van der Waals surface area contributed by atoms with Gasteiger partial charge in [0.05, 0.1) is 18.4 Å². The lowest BCUT2D eigenvalue weighted by Crippen LogP contribution is -1.97. The van der Waals surface area contributed by atoms with Gasteiger partial charge in [0.15, 0.2) is 0 Å². The van der Waals surface area contributed by atoms with Crippen LogP contribution in [0, 0.1) is 0 Å². The fraction of sp³-hybridized carbons (Fsp3) is 0.333. The average molecular weight is 175 g/mol. The predicted molar refractivity (Wildman–Crippen MR) is 39.6 cm³/mol. The molecule has 0 fully saturated rings. The van der Waals surface area contributed by atoms with Crippen molar-refractivity contribution in [1.29, 1.82) is 0 Å². The number of imidazole rings is 1. The van der Waals surface area contributed by atoms with Gasteiger partial charge < -0.3 is 10.1 Å². The number of aryl methyl sites for hydroxylation is 1. The number of aromatic nitrogens is 2. The van der Waals surface area contributed by atoms with Crippen LogP contribution >= 0.6 is 11.6 Å². The fourth-order valence-electron chi connectivity index (χ4n) is 0.706. The van der Waals surface area contributed by atoms with Crippen LogP contribution in [-0.4, -0.2) is 21.0 Å². The number of nitrogens with zero attached hydrogens (tertiary/aromatic N) is 1. The van der Waals surface area contributed by atoms with Gasteiger partial charge in [0.25, 0.3) is 0 Å². The molecular weight excluding hydrogens is 168 g/mol. The average Bonchev–Trinajstić information content (AvgIpc) is 2.31. The molecular formula is C6H7ClN2O2. The molecule has 60 valence electrons. The van der Waals surface area contributed by atoms with Crippen molar-refractivity contribution in [3.05, 3.63) is 17.2 Å². The summed E-state index contributed by atoms with van der Waals surface area (Å²) in [5, 5.41) is 8.74. The van der Waals surface area contributed by atoms with Crippen LogP contribution in [0.5, 0.6) is 0 Å². The standard InChI is InChI=1S/C6H7ClN2O2/c7-6-4(8-3-9-6)1-2-5(10)11/h3H,1-2H2,(H,8,9)(H,10,11). The highest BCUT2D eigenvalue weighted by molar-refractivity contribution is 6.30. The SMILES string of the molecule is O=C(O)CCc1nc[nH]c1Cl. The first-order valence-electron chi connectivity index (χ1n) is 3.09. The molecule has 0 radical (unpaired) electrons. The number of aliphatic carboxylic acids is 1. The molecule has 0 unspecified atom stereocenters. The van der Waals surface area contributed by atoms with Crippen molar-refractivity contribution in [1.82, 2.24) is 9.97 Å². The molecule has 0 aliphatic heterocycles. The molecule has 4 nitrogen and oxygen atoms in total. The minimum Gasteiger partial charge on any atom is -0.481 e. The first-order chi connectivity index (χ1) is 5.20. The van der Waals surface area contributed by atoms with Crippen molar-refractivity contribution in [2.45, 2.75) is 12.8 Å². The summed E-state index contributed by atoms with van der Waals surface area (Å²) in [6, 6.07) is 0. The third-order valence-electron chi connectivity index (χ3n) is 1.24. The summed E-state index contributed by atoms with van der Waals surface area (Å²) < 4.78 is 0. The Balaban J connectivity index is 2.51. The Bertz CT molecular complexity index is 259. The quantitative estimate of drug-likeness (QED) is 0.721. The Morgan fingerprint density at radius 3 is 3.00 bits per heavy atom. The second-order valence-corrected chi connectivity index (χ2v) is 2.43. The summed E-state index contributed by atoms with van der Waals surface area (Å²) in [5.41, 5.74) is 0.606. The zero-order valence-corrected chi connectivity index (χ0v) is 6.43. The number of carboxylic acids is 1. The van der Waals surface area contributed by atoms with Crippen LogP contribution in [0.25, 0.3) is 0 Å². The molecule has 2 N–H and O–H groups in total. The Kier molecular flexibility index (Phi) is 2.48. The van der Waals surface area contributed by atoms with Gasteiger partial charge in [-0.1, -0.05) is 11.6 Å². The lowest BCUT2D eigenvalue weighted by molar-refractivity contribution is -0.136. The van der Waals surface area contributed by atoms with Crippen LogP contribution in [-0.2, 0) is 11.2 Å². The minimum atomic E-state index is -0.843. The molecule has 0 aliphatic carbocycles. The van der Waals surface area contributed by atoms with Gasteiger partial charge in [0.1, 0.15) is 5.15 Å². The van der Waals surface area contributed by atoms with Gasteiger partial charge in [-0.2, -0.15) is 0 Å². The normalized spacial score (nSPS) is 9.91. The number of hydrogen-bond acceptors (Lipinski definition) is 2. The first kappa shape index (κ1) is 8.07. The monoisotopic (exact) mass is 174 g/mol. The zero-order valence-electron chi connectivity index (χ0n) is 5.67. The highest BCUT2D eigenvalue weighted by Gasteiger charge is 2.04. The smallest absolute Gasteiger partial charge is 0.303 e. The Labute approximate surface area is 68.2 Å². The fourth-order valence-corrected chi connectivity index (χ4v) is 0.899. The van der Waals surface area contributed by atoms with E-state index in [1.165, 1.54) is 6.33 Å². The number of carboxylic acid groups (broad SMARTS) is 1. The number of nitrogens with one attached hydrogen (secondary N) is 1. The third kappa shape index (κ3) is 2.23. The van der Waals surface area contributed by atoms with Gasteiger partial charge in [-0.25, -0.2) is 4.98 Å². The minimum absolute atomic E-state index is 0.0601. The maximum atomic E-state index is 10.1. The molecule has 1 rings (SSSR count). The number of H-pyrrole nitrogens is 1. The van der Waals surface area contributed by atoms with Crippen LogP contribution < -0.4 is 0 Å². The largest absolute Gasteiger partial charge is 0.481 e. The molecule has 0 spiro atoms. The van der Waals surface area contributed by atoms with E-state index in [1.807, 2.05) is 0 Å². The third-order valence-corrected chi connectivity index (χ3v) is 1.57. The summed E-state index contributed by atoms with van der Waals surface area (Å²) in [7, 11) is 0. The van der Waals surface area contributed by atoms with Crippen molar-refractivity contribution < 1.29 is 9.90 Å². The number of rotatable bonds is 3. The van der Waals surface area contributed by atoms with Crippen LogP contribution in [0.2, 0.25) is 5.15 Å². The Hall–Kier alpha value is -1.03. The number of halogens is 1. The lowest BCUT2D eigenvalue weighted by atomic mass is 10.2. The van der Waals surface area contributed by atoms with E-state index in [-0.39, 0.29) is 6.42 Å². The second kappa shape index (κ2) is 3.39. The van der Waals surface area contributed by atoms with E-state index in [0.717, 1.165) is 0 Å². The van der Waals surface area contributed by atoms with Crippen molar-refractivity contribution >= 4 is 17.6 Å². The predicted octanol–water partition coefficient (Wildman–Crippen LogP) is 1.08. The first-order valence-corrected chi connectivity index (χ1v) is 3.47. The summed E-state index contributed by atoms with van der Waals surface area (Å²) >= 11 is 5.61. The van der Waals surface area contributed by atoms with E-state index in [9.17, 15) is 4.79 Å². The summed E-state index contributed by atoms with van der Waals surface area (Å²) in [5.74, 6) is -0.843. The van der Waals surface area contributed by atoms with E-state index < -0.39 is 5.97 Å². The summed E-state index contributed by atoms with van der Waals surface area (Å²) in [6.45, 7) is 0. The second-order valence-electron chi connectivity index (χ2n) is 2.06. The van der Waals surface area contributed by atoms with E-state index in [4.69, 9.17) is 16.7 Å². The number of hydrogen-bond donors (Lipinski definition) is 2. The summed E-state index contributed by atoms with van der Waals surface area (Å²) in [4.78, 5) is 16.6. The Morgan fingerprint density at radius 1 is 1.82 bits per heavy atom. The molecule has 0 bridgehead atoms. The summed E-state index contributed by atoms with van der Waals surface area (Å²) in [6.07, 6.45) is 1.88. The van der Waals surface area contributed by atoms with Gasteiger partial charge >= 0.3 is 5.97 Å². The highest BCUT2D eigenvalue weighted by Crippen LogP contribution is 2.10. The lowest BCUT2D eigenvalue weighted by Gasteiger charge is -1.91. The highest BCUT2D eigenvalue weighted by atomic mass is 35.5. The molecule has 5 heteroatoms. The topological polar surface area (TPSA) is 66.0 Å². The van der Waals surface area contributed by atoms with Crippen LogP contribution in [0.4, 0.5) is 0 Å². The molecule has 11 heavy (non-hydrogen) atoms. The van der Waals surface area contributed by atoms with Crippen molar-refractivity contribution in [2.75, 3.05) is 0 Å². The maximum Gasteiger partial charge on any atom is 0.303 e. The molecule has 0 amide bonds. The van der Waals surface area contributed by atoms with Crippen LogP contribution in [0.3, 0.4) is 0 Å². The van der Waals surface area contributed by atoms with Crippen LogP contribution in [0.1, 0.15) is 12.1 Å². The van der Waals surface area contributed by atoms with Crippen molar-refractivity contribution in [2.24, 2.45) is 0 Å². The molecule has 1 aromatic heterocycles. The maximum absolute atomic E-state index is 10.1. The molecule has 0 atom stereocenters. The molecule has 0 saturated carbocycles. The van der Waals surface area contributed by atoms with Crippen molar-refractivity contribution in [3.8, 4) is 0 Å². The van der Waals surface area contributed by atoms with E-state index in [2.05, 4.69) is 9.97 Å². The van der Waals surface area contributed by atoms with E-state index in [0.29, 0.717) is 17.3 Å². The molecule has 0 aromatic carbocycles. The molecule has 1 heterocycles. The number of carbonyl (C=O) groups is 1. The Morgan fingerprint density at radius 2 is 2.55 bits per heavy atom. The molecule has 1 aromatic rings. The van der Waals surface area contributed by atoms with Gasteiger partial charge in [0.2, 0.25) is 0 Å². The van der Waals surface area contributed by atoms with Gasteiger partial charge in [-0.15, -0.1) is 0 Å². The van der Waals surface area contributed by atoms with Gasteiger partial charge in [0, 0.05) is 6.42 Å².